The first kappa shape index (κ1) is 9.47. The summed E-state index contributed by atoms with van der Waals surface area (Å²) in [4.78, 5) is 11.1. The predicted molar refractivity (Wildman–Crippen MR) is 44.0 cm³/mol. The number of hydrogen-bond donors (Lipinski definition) is 2. The molecule has 0 bridgehead atoms. The monoisotopic (exact) mass is 192 g/mol. The van der Waals surface area contributed by atoms with Crippen molar-refractivity contribution in [2.45, 2.75) is 6.42 Å². The smallest absolute Gasteiger partial charge is 0.237 e. The molecule has 5 nitrogen and oxygen atoms in total. The third kappa shape index (κ3) is 2.78. The molecule has 1 saturated heterocycles. The Balaban J connectivity index is 2.48. The van der Waals surface area contributed by atoms with Crippen LogP contribution in [0.5, 0.6) is 0 Å². The Morgan fingerprint density at radius 1 is 1.58 bits per heavy atom. The zero-order chi connectivity index (χ0) is 9.19. The summed E-state index contributed by atoms with van der Waals surface area (Å²) in [6, 6.07) is 0. The highest BCUT2D eigenvalue weighted by atomic mass is 32.2. The van der Waals surface area contributed by atoms with E-state index in [-0.39, 0.29) is 5.92 Å². The number of nitrogens with one attached hydrogen (secondary N) is 2. The van der Waals surface area contributed by atoms with Crippen molar-refractivity contribution in [3.63, 3.8) is 0 Å². The van der Waals surface area contributed by atoms with Gasteiger partial charge in [-0.25, -0.2) is 8.42 Å². The number of carbonyl (C=O) groups excluding carboxylic acids is 1. The Bertz CT molecular complexity index is 267. The summed E-state index contributed by atoms with van der Waals surface area (Å²) in [6.07, 6.45) is 1.69. The summed E-state index contributed by atoms with van der Waals surface area (Å²) in [5.41, 5.74) is 0. The largest absolute Gasteiger partial charge is 0.316 e. The standard InChI is InChI=1S/C6H12N2O3S/c1-12(10,11)8-6(9)5-2-3-7-4-5/h5,7H,2-4H2,1H3,(H,8,9)/t5-/m0/s1. The van der Waals surface area contributed by atoms with E-state index in [0.717, 1.165) is 12.8 Å². The molecule has 1 rings (SSSR count). The summed E-state index contributed by atoms with van der Waals surface area (Å²) in [5, 5.41) is 2.98. The first-order valence-electron chi connectivity index (χ1n) is 3.71. The van der Waals surface area contributed by atoms with Gasteiger partial charge in [0.2, 0.25) is 15.9 Å². The summed E-state index contributed by atoms with van der Waals surface area (Å²) in [7, 11) is -3.39. The maximum absolute atomic E-state index is 11.1. The average molecular weight is 192 g/mol. The second-order valence-electron chi connectivity index (χ2n) is 2.93. The predicted octanol–water partition coefficient (Wildman–Crippen LogP) is -1.33. The highest BCUT2D eigenvalue weighted by molar-refractivity contribution is 7.89. The molecule has 1 fully saturated rings. The molecule has 1 aliphatic rings. The Morgan fingerprint density at radius 2 is 2.25 bits per heavy atom. The summed E-state index contributed by atoms with van der Waals surface area (Å²) in [6.45, 7) is 1.35. The number of rotatable bonds is 2. The zero-order valence-electron chi connectivity index (χ0n) is 6.83. The minimum Gasteiger partial charge on any atom is -0.316 e. The average Bonchev–Trinajstić information content (AvgIpc) is 2.32. The molecule has 1 aliphatic heterocycles. The van der Waals surface area contributed by atoms with Crippen LogP contribution in [0, 0.1) is 5.92 Å². The van der Waals surface area contributed by atoms with Crippen LogP contribution in [0.15, 0.2) is 0 Å². The van der Waals surface area contributed by atoms with E-state index in [1.807, 2.05) is 4.72 Å². The van der Waals surface area contributed by atoms with Gasteiger partial charge in [-0.05, 0) is 13.0 Å². The lowest BCUT2D eigenvalue weighted by atomic mass is 10.1. The first-order chi connectivity index (χ1) is 5.49. The maximum atomic E-state index is 11.1. The van der Waals surface area contributed by atoms with Crippen LogP contribution in [0.3, 0.4) is 0 Å². The van der Waals surface area contributed by atoms with Crippen LogP contribution in [0.25, 0.3) is 0 Å². The molecule has 0 aromatic carbocycles. The van der Waals surface area contributed by atoms with E-state index in [1.54, 1.807) is 0 Å². The Hall–Kier alpha value is -0.620. The van der Waals surface area contributed by atoms with Crippen LogP contribution in [-0.2, 0) is 14.8 Å². The van der Waals surface area contributed by atoms with Crippen LogP contribution in [0.2, 0.25) is 0 Å². The van der Waals surface area contributed by atoms with Gasteiger partial charge in [0, 0.05) is 6.54 Å². The first-order valence-corrected chi connectivity index (χ1v) is 5.60. The zero-order valence-corrected chi connectivity index (χ0v) is 7.65. The molecule has 6 heteroatoms. The van der Waals surface area contributed by atoms with Gasteiger partial charge in [0.1, 0.15) is 0 Å². The highest BCUT2D eigenvalue weighted by Crippen LogP contribution is 2.07. The second kappa shape index (κ2) is 3.40. The number of amides is 1. The molecule has 0 unspecified atom stereocenters. The van der Waals surface area contributed by atoms with Crippen molar-refractivity contribution in [1.82, 2.24) is 10.0 Å². The Morgan fingerprint density at radius 3 is 2.67 bits per heavy atom. The quantitative estimate of drug-likeness (QED) is 0.568. The fourth-order valence-corrected chi connectivity index (χ4v) is 1.68. The van der Waals surface area contributed by atoms with Gasteiger partial charge in [0.05, 0.1) is 12.2 Å². The highest BCUT2D eigenvalue weighted by Gasteiger charge is 2.24. The van der Waals surface area contributed by atoms with Crippen molar-refractivity contribution < 1.29 is 13.2 Å². The van der Waals surface area contributed by atoms with Crippen LogP contribution in [0.4, 0.5) is 0 Å². The van der Waals surface area contributed by atoms with E-state index >= 15 is 0 Å². The maximum Gasteiger partial charge on any atom is 0.237 e. The second-order valence-corrected chi connectivity index (χ2v) is 4.68. The van der Waals surface area contributed by atoms with E-state index in [4.69, 9.17) is 0 Å². The minimum absolute atomic E-state index is 0.195. The van der Waals surface area contributed by atoms with Crippen molar-refractivity contribution in [2.24, 2.45) is 5.92 Å². The number of carbonyl (C=O) groups is 1. The Labute approximate surface area is 71.6 Å². The molecule has 1 heterocycles. The van der Waals surface area contributed by atoms with Crippen LogP contribution >= 0.6 is 0 Å². The number of hydrogen-bond acceptors (Lipinski definition) is 4. The third-order valence-electron chi connectivity index (χ3n) is 1.72. The lowest BCUT2D eigenvalue weighted by Gasteiger charge is -2.06. The molecule has 1 amide bonds. The fourth-order valence-electron chi connectivity index (χ4n) is 1.14. The molecule has 0 aromatic heterocycles. The molecule has 0 radical (unpaired) electrons. The van der Waals surface area contributed by atoms with Crippen molar-refractivity contribution >= 4 is 15.9 Å². The molecule has 0 spiro atoms. The summed E-state index contributed by atoms with van der Waals surface area (Å²) < 4.78 is 23.2. The topological polar surface area (TPSA) is 75.3 Å². The van der Waals surface area contributed by atoms with Crippen LogP contribution in [0.1, 0.15) is 6.42 Å². The van der Waals surface area contributed by atoms with Gasteiger partial charge >= 0.3 is 0 Å². The van der Waals surface area contributed by atoms with E-state index in [9.17, 15) is 13.2 Å². The summed E-state index contributed by atoms with van der Waals surface area (Å²) >= 11 is 0. The molecule has 2 N–H and O–H groups in total. The van der Waals surface area contributed by atoms with Crippen LogP contribution in [-0.4, -0.2) is 33.7 Å². The molecule has 70 valence electrons. The van der Waals surface area contributed by atoms with E-state index < -0.39 is 15.9 Å². The van der Waals surface area contributed by atoms with Gasteiger partial charge in [-0.2, -0.15) is 0 Å². The molecule has 0 aliphatic carbocycles. The lowest BCUT2D eigenvalue weighted by molar-refractivity contribution is -0.122. The van der Waals surface area contributed by atoms with Gasteiger partial charge in [-0.1, -0.05) is 0 Å². The van der Waals surface area contributed by atoms with Crippen molar-refractivity contribution in [1.29, 1.82) is 0 Å². The van der Waals surface area contributed by atoms with Crippen LogP contribution < -0.4 is 10.0 Å². The van der Waals surface area contributed by atoms with E-state index in [0.29, 0.717) is 13.0 Å². The molecular formula is C6H12N2O3S. The molecular weight excluding hydrogens is 180 g/mol. The third-order valence-corrected chi connectivity index (χ3v) is 2.29. The van der Waals surface area contributed by atoms with E-state index in [1.165, 1.54) is 0 Å². The number of sulfonamides is 1. The van der Waals surface area contributed by atoms with E-state index in [2.05, 4.69) is 5.32 Å². The van der Waals surface area contributed by atoms with Gasteiger partial charge < -0.3 is 5.32 Å². The lowest BCUT2D eigenvalue weighted by Crippen LogP contribution is -2.35. The molecule has 1 atom stereocenters. The molecule has 0 aromatic rings. The SMILES string of the molecule is CS(=O)(=O)NC(=O)[C@H]1CCNC1. The normalized spacial score (nSPS) is 23.9. The minimum atomic E-state index is -3.39. The Kier molecular flexibility index (Phi) is 2.69. The molecule has 0 saturated carbocycles. The van der Waals surface area contributed by atoms with Crippen molar-refractivity contribution in [3.05, 3.63) is 0 Å². The van der Waals surface area contributed by atoms with Crippen molar-refractivity contribution in [3.8, 4) is 0 Å². The van der Waals surface area contributed by atoms with Gasteiger partial charge in [-0.3, -0.25) is 9.52 Å². The van der Waals surface area contributed by atoms with Gasteiger partial charge in [-0.15, -0.1) is 0 Å². The fraction of sp³-hybridized carbons (Fsp3) is 0.833. The van der Waals surface area contributed by atoms with Gasteiger partial charge in [0.15, 0.2) is 0 Å². The van der Waals surface area contributed by atoms with Crippen molar-refractivity contribution in [2.75, 3.05) is 19.3 Å². The molecule has 12 heavy (non-hydrogen) atoms. The van der Waals surface area contributed by atoms with Gasteiger partial charge in [0.25, 0.3) is 0 Å². The summed E-state index contributed by atoms with van der Waals surface area (Å²) in [5.74, 6) is -0.595.